The summed E-state index contributed by atoms with van der Waals surface area (Å²) >= 11 is 0. The molecule has 0 radical (unpaired) electrons. The lowest BCUT2D eigenvalue weighted by molar-refractivity contribution is 0.418. The second kappa shape index (κ2) is 3.15. The zero-order valence-corrected chi connectivity index (χ0v) is 8.16. The molecule has 0 bridgehead atoms. The van der Waals surface area contributed by atoms with Gasteiger partial charge in [0.25, 0.3) is 0 Å². The predicted octanol–water partition coefficient (Wildman–Crippen LogP) is 2.23. The quantitative estimate of drug-likeness (QED) is 0.657. The molecular weight excluding hydrogens is 174 g/mol. The Hall–Kier alpha value is -1.25. The molecule has 0 aromatic carbocycles. The maximum atomic E-state index is 4.13. The molecule has 3 heteroatoms. The maximum Gasteiger partial charge on any atom is 0.0765 e. The van der Waals surface area contributed by atoms with E-state index in [1.165, 1.54) is 31.4 Å². The largest absolute Gasteiger partial charge is 0.378 e. The van der Waals surface area contributed by atoms with Gasteiger partial charge in [0.2, 0.25) is 0 Å². The van der Waals surface area contributed by atoms with Crippen LogP contribution in [0.4, 0.5) is 11.4 Å². The molecule has 0 amide bonds. The van der Waals surface area contributed by atoms with Gasteiger partial charge in [0.05, 0.1) is 17.6 Å². The minimum absolute atomic E-state index is 0.612. The molecule has 1 fully saturated rings. The van der Waals surface area contributed by atoms with Gasteiger partial charge in [0.15, 0.2) is 0 Å². The predicted molar refractivity (Wildman–Crippen MR) is 57.5 cm³/mol. The molecule has 1 saturated carbocycles. The average Bonchev–Trinajstić information content (AvgIpc) is 2.26. The highest BCUT2D eigenvalue weighted by Gasteiger charge is 2.29. The molecule has 74 valence electrons. The first-order valence-corrected chi connectivity index (χ1v) is 5.40. The molecule has 3 nitrogen and oxygen atoms in total. The van der Waals surface area contributed by atoms with Gasteiger partial charge in [-0.3, -0.25) is 4.98 Å². The average molecular weight is 189 g/mol. The Balaban J connectivity index is 1.91. The highest BCUT2D eigenvalue weighted by atomic mass is 15.1. The SMILES string of the molecule is c1cc2c(cn1)NC1CCCCC1N2. The van der Waals surface area contributed by atoms with Gasteiger partial charge in [0.1, 0.15) is 0 Å². The summed E-state index contributed by atoms with van der Waals surface area (Å²) in [6, 6.07) is 3.28. The summed E-state index contributed by atoms with van der Waals surface area (Å²) in [6.45, 7) is 0. The van der Waals surface area contributed by atoms with Crippen molar-refractivity contribution in [3.05, 3.63) is 18.5 Å². The zero-order valence-electron chi connectivity index (χ0n) is 8.16. The van der Waals surface area contributed by atoms with Gasteiger partial charge in [-0.2, -0.15) is 0 Å². The van der Waals surface area contributed by atoms with Crippen molar-refractivity contribution < 1.29 is 0 Å². The van der Waals surface area contributed by atoms with E-state index < -0.39 is 0 Å². The Labute approximate surface area is 83.9 Å². The molecule has 0 saturated heterocycles. The lowest BCUT2D eigenvalue weighted by atomic mass is 9.88. The first-order valence-electron chi connectivity index (χ1n) is 5.40. The smallest absolute Gasteiger partial charge is 0.0765 e. The molecule has 14 heavy (non-hydrogen) atoms. The van der Waals surface area contributed by atoms with E-state index in [-0.39, 0.29) is 0 Å². The van der Waals surface area contributed by atoms with Gasteiger partial charge in [-0.25, -0.2) is 0 Å². The zero-order chi connectivity index (χ0) is 9.38. The number of fused-ring (bicyclic) bond motifs is 2. The molecule has 0 spiro atoms. The van der Waals surface area contributed by atoms with Crippen molar-refractivity contribution in [2.24, 2.45) is 0 Å². The van der Waals surface area contributed by atoms with Crippen molar-refractivity contribution >= 4 is 11.4 Å². The van der Waals surface area contributed by atoms with Crippen LogP contribution in [0.5, 0.6) is 0 Å². The van der Waals surface area contributed by atoms with Crippen LogP contribution in [0.3, 0.4) is 0 Å². The highest BCUT2D eigenvalue weighted by molar-refractivity contribution is 5.70. The second-order valence-corrected chi connectivity index (χ2v) is 4.21. The minimum Gasteiger partial charge on any atom is -0.378 e. The summed E-state index contributed by atoms with van der Waals surface area (Å²) < 4.78 is 0. The third kappa shape index (κ3) is 1.24. The fourth-order valence-electron chi connectivity index (χ4n) is 2.51. The number of hydrogen-bond donors (Lipinski definition) is 2. The lowest BCUT2D eigenvalue weighted by Crippen LogP contribution is -2.45. The van der Waals surface area contributed by atoms with Crippen LogP contribution in [0.15, 0.2) is 18.5 Å². The van der Waals surface area contributed by atoms with Crippen LogP contribution < -0.4 is 10.6 Å². The van der Waals surface area contributed by atoms with Crippen molar-refractivity contribution in [1.82, 2.24) is 4.98 Å². The molecule has 2 atom stereocenters. The van der Waals surface area contributed by atoms with Crippen molar-refractivity contribution in [1.29, 1.82) is 0 Å². The molecule has 2 heterocycles. The summed E-state index contributed by atoms with van der Waals surface area (Å²) in [5, 5.41) is 7.17. The van der Waals surface area contributed by atoms with Crippen molar-refractivity contribution in [2.75, 3.05) is 10.6 Å². The Morgan fingerprint density at radius 1 is 1.07 bits per heavy atom. The van der Waals surface area contributed by atoms with Gasteiger partial charge < -0.3 is 10.6 Å². The van der Waals surface area contributed by atoms with Crippen LogP contribution in [0.25, 0.3) is 0 Å². The number of rotatable bonds is 0. The summed E-state index contributed by atoms with van der Waals surface area (Å²) in [7, 11) is 0. The Morgan fingerprint density at radius 3 is 2.57 bits per heavy atom. The van der Waals surface area contributed by atoms with Crippen LogP contribution in [0.2, 0.25) is 0 Å². The van der Waals surface area contributed by atoms with Crippen molar-refractivity contribution in [2.45, 2.75) is 37.8 Å². The van der Waals surface area contributed by atoms with Gasteiger partial charge in [-0.05, 0) is 18.9 Å². The van der Waals surface area contributed by atoms with Gasteiger partial charge >= 0.3 is 0 Å². The number of anilines is 2. The number of pyridine rings is 1. The number of aromatic nitrogens is 1. The van der Waals surface area contributed by atoms with E-state index >= 15 is 0 Å². The summed E-state index contributed by atoms with van der Waals surface area (Å²) in [6.07, 6.45) is 9.04. The maximum absolute atomic E-state index is 4.13. The summed E-state index contributed by atoms with van der Waals surface area (Å²) in [4.78, 5) is 4.13. The van der Waals surface area contributed by atoms with Crippen LogP contribution in [0, 0.1) is 0 Å². The molecule has 2 aliphatic rings. The van der Waals surface area contributed by atoms with E-state index in [9.17, 15) is 0 Å². The fraction of sp³-hybridized carbons (Fsp3) is 0.545. The summed E-state index contributed by atoms with van der Waals surface area (Å²) in [5.41, 5.74) is 2.37. The molecule has 1 aliphatic carbocycles. The van der Waals surface area contributed by atoms with E-state index in [2.05, 4.69) is 15.6 Å². The highest BCUT2D eigenvalue weighted by Crippen LogP contribution is 2.33. The number of hydrogen-bond acceptors (Lipinski definition) is 3. The lowest BCUT2D eigenvalue weighted by Gasteiger charge is -2.38. The van der Waals surface area contributed by atoms with Crippen LogP contribution >= 0.6 is 0 Å². The first kappa shape index (κ1) is 8.09. The Bertz CT molecular complexity index is 304. The Kier molecular flexibility index (Phi) is 1.82. The van der Waals surface area contributed by atoms with E-state index in [0.717, 1.165) is 5.69 Å². The van der Waals surface area contributed by atoms with Gasteiger partial charge in [-0.1, -0.05) is 12.8 Å². The topological polar surface area (TPSA) is 37.0 Å². The van der Waals surface area contributed by atoms with Crippen molar-refractivity contribution in [3.8, 4) is 0 Å². The van der Waals surface area contributed by atoms with Crippen molar-refractivity contribution in [3.63, 3.8) is 0 Å². The molecule has 2 N–H and O–H groups in total. The normalized spacial score (nSPS) is 29.4. The van der Waals surface area contributed by atoms with Crippen LogP contribution in [0.1, 0.15) is 25.7 Å². The second-order valence-electron chi connectivity index (χ2n) is 4.21. The molecule has 1 aromatic heterocycles. The van der Waals surface area contributed by atoms with Gasteiger partial charge in [0, 0.05) is 18.3 Å². The number of nitrogens with zero attached hydrogens (tertiary/aromatic N) is 1. The number of nitrogens with one attached hydrogen (secondary N) is 2. The van der Waals surface area contributed by atoms with Crippen LogP contribution in [-0.4, -0.2) is 17.1 Å². The third-order valence-corrected chi connectivity index (χ3v) is 3.27. The third-order valence-electron chi connectivity index (χ3n) is 3.27. The van der Waals surface area contributed by atoms with E-state index in [1.807, 2.05) is 18.5 Å². The van der Waals surface area contributed by atoms with Crippen LogP contribution in [-0.2, 0) is 0 Å². The van der Waals surface area contributed by atoms with E-state index in [1.54, 1.807) is 0 Å². The molecular formula is C11H15N3. The minimum atomic E-state index is 0.612. The monoisotopic (exact) mass is 189 g/mol. The van der Waals surface area contributed by atoms with E-state index in [0.29, 0.717) is 12.1 Å². The molecule has 3 rings (SSSR count). The standard InChI is InChI=1S/C11H15N3/c1-2-4-9-8(3-1)13-10-5-6-12-7-11(10)14-9/h5-9,13-14H,1-4H2. The Morgan fingerprint density at radius 2 is 1.79 bits per heavy atom. The molecule has 1 aliphatic heterocycles. The summed E-state index contributed by atoms with van der Waals surface area (Å²) in [5.74, 6) is 0. The fourth-order valence-corrected chi connectivity index (χ4v) is 2.51. The molecule has 1 aromatic rings. The first-order chi connectivity index (χ1) is 6.93. The van der Waals surface area contributed by atoms with E-state index in [4.69, 9.17) is 0 Å². The molecule has 2 unspecified atom stereocenters. The van der Waals surface area contributed by atoms with Gasteiger partial charge in [-0.15, -0.1) is 0 Å².